The summed E-state index contributed by atoms with van der Waals surface area (Å²) >= 11 is 0. The third-order valence-corrected chi connectivity index (χ3v) is 2.51. The molecule has 1 aromatic heterocycles. The lowest BCUT2D eigenvalue weighted by Crippen LogP contribution is -2.15. The Hall–Kier alpha value is -1.19. The zero-order valence-corrected chi connectivity index (χ0v) is 9.25. The Morgan fingerprint density at radius 3 is 2.33 bits per heavy atom. The van der Waals surface area contributed by atoms with Crippen molar-refractivity contribution in [2.45, 2.75) is 5.03 Å². The number of nitrogens with zero attached hydrogens (tertiary/aromatic N) is 1. The van der Waals surface area contributed by atoms with Crippen molar-refractivity contribution in [3.05, 3.63) is 18.2 Å². The number of sulfonamides is 1. The van der Waals surface area contributed by atoms with Crippen LogP contribution >= 0.6 is 0 Å². The van der Waals surface area contributed by atoms with Gasteiger partial charge in [0.1, 0.15) is 0 Å². The van der Waals surface area contributed by atoms with Gasteiger partial charge in [-0.25, -0.2) is 13.6 Å². The molecule has 0 saturated carbocycles. The summed E-state index contributed by atoms with van der Waals surface area (Å²) < 4.78 is 47.5. The van der Waals surface area contributed by atoms with Gasteiger partial charge in [-0.15, -0.1) is 0 Å². The Kier molecular flexibility index (Phi) is 2.98. The van der Waals surface area contributed by atoms with E-state index in [4.69, 9.17) is 5.14 Å². The van der Waals surface area contributed by atoms with Gasteiger partial charge in [-0.05, 0) is 6.07 Å². The molecule has 1 heterocycles. The Balaban J connectivity index is 3.15. The molecule has 2 N–H and O–H groups in total. The van der Waals surface area contributed by atoms with Gasteiger partial charge in [0.2, 0.25) is 5.88 Å². The smallest absolute Gasteiger partial charge is 0.307 e. The summed E-state index contributed by atoms with van der Waals surface area (Å²) in [6.45, 7) is 0. The molecule has 0 atom stereocenters. The average Bonchev–Trinajstić information content (AvgIpc) is 1.99. The number of pyridine rings is 1. The van der Waals surface area contributed by atoms with E-state index < -0.39 is 25.2 Å². The summed E-state index contributed by atoms with van der Waals surface area (Å²) in [5, 5.41) is 4.34. The molecule has 9 heteroatoms. The van der Waals surface area contributed by atoms with Crippen molar-refractivity contribution < 1.29 is 21.0 Å². The minimum atomic E-state index is -3.97. The molecule has 0 radical (unpaired) electrons. The number of primary sulfonamides is 1. The van der Waals surface area contributed by atoms with E-state index in [2.05, 4.69) is 9.17 Å². The molecule has 0 saturated heterocycles. The van der Waals surface area contributed by atoms with Gasteiger partial charge >= 0.3 is 10.1 Å². The van der Waals surface area contributed by atoms with Crippen molar-refractivity contribution in [1.82, 2.24) is 4.98 Å². The molecule has 0 aliphatic heterocycles. The van der Waals surface area contributed by atoms with E-state index in [-0.39, 0.29) is 5.88 Å². The monoisotopic (exact) mass is 252 g/mol. The van der Waals surface area contributed by atoms with Crippen LogP contribution in [0.2, 0.25) is 0 Å². The Labute approximate surface area is 87.1 Å². The lowest BCUT2D eigenvalue weighted by molar-refractivity contribution is 0.479. The summed E-state index contributed by atoms with van der Waals surface area (Å²) in [4.78, 5) is 3.42. The van der Waals surface area contributed by atoms with Gasteiger partial charge in [-0.1, -0.05) is 6.07 Å². The SMILES string of the molecule is CS(=O)(=O)Oc1cccc(S(N)(=O)=O)n1. The summed E-state index contributed by atoms with van der Waals surface area (Å²) in [6, 6.07) is 3.60. The Bertz CT molecular complexity index is 563. The number of aromatic nitrogens is 1. The normalized spacial score (nSPS) is 12.4. The molecule has 7 nitrogen and oxygen atoms in total. The first kappa shape index (κ1) is 11.9. The Morgan fingerprint density at radius 2 is 1.87 bits per heavy atom. The number of nitrogens with two attached hydrogens (primary N) is 1. The van der Waals surface area contributed by atoms with Gasteiger partial charge in [-0.2, -0.15) is 13.4 Å². The van der Waals surface area contributed by atoms with Crippen molar-refractivity contribution >= 4 is 20.1 Å². The van der Waals surface area contributed by atoms with E-state index in [0.717, 1.165) is 12.3 Å². The van der Waals surface area contributed by atoms with Gasteiger partial charge in [0, 0.05) is 6.07 Å². The molecule has 15 heavy (non-hydrogen) atoms. The van der Waals surface area contributed by atoms with Crippen molar-refractivity contribution in [1.29, 1.82) is 0 Å². The van der Waals surface area contributed by atoms with Crippen LogP contribution in [-0.2, 0) is 20.1 Å². The highest BCUT2D eigenvalue weighted by Crippen LogP contribution is 2.11. The predicted octanol–water partition coefficient (Wildman–Crippen LogP) is -0.933. The van der Waals surface area contributed by atoms with Gasteiger partial charge in [0.25, 0.3) is 10.0 Å². The zero-order chi connectivity index (χ0) is 11.7. The van der Waals surface area contributed by atoms with E-state index in [1.165, 1.54) is 12.1 Å². The van der Waals surface area contributed by atoms with E-state index in [1.54, 1.807) is 0 Å². The standard InChI is InChI=1S/C6H8N2O5S2/c1-14(9,10)13-5-3-2-4-6(8-5)15(7,11)12/h2-4H,1H3,(H2,7,11,12). The van der Waals surface area contributed by atoms with Crippen LogP contribution in [0, 0.1) is 0 Å². The topological polar surface area (TPSA) is 116 Å². The second-order valence-corrected chi connectivity index (χ2v) is 5.73. The maximum Gasteiger partial charge on any atom is 0.307 e. The summed E-state index contributed by atoms with van der Waals surface area (Å²) in [6.07, 6.45) is 0.818. The molecular formula is C6H8N2O5S2. The molecule has 0 unspecified atom stereocenters. The van der Waals surface area contributed by atoms with Gasteiger partial charge < -0.3 is 4.18 Å². The van der Waals surface area contributed by atoms with E-state index in [1.807, 2.05) is 0 Å². The molecule has 0 bridgehead atoms. The van der Waals surface area contributed by atoms with Crippen LogP contribution < -0.4 is 9.32 Å². The van der Waals surface area contributed by atoms with Crippen molar-refractivity contribution in [3.63, 3.8) is 0 Å². The quantitative estimate of drug-likeness (QED) is 0.694. The van der Waals surface area contributed by atoms with Crippen molar-refractivity contribution in [2.75, 3.05) is 6.26 Å². The second kappa shape index (κ2) is 3.76. The van der Waals surface area contributed by atoms with Crippen LogP contribution in [0.5, 0.6) is 5.88 Å². The number of hydrogen-bond acceptors (Lipinski definition) is 6. The zero-order valence-electron chi connectivity index (χ0n) is 7.61. The largest absolute Gasteiger partial charge is 0.362 e. The first-order valence-corrected chi connectivity index (χ1v) is 6.94. The summed E-state index contributed by atoms with van der Waals surface area (Å²) in [7, 11) is -7.70. The molecule has 0 spiro atoms. The lowest BCUT2D eigenvalue weighted by Gasteiger charge is -2.02. The average molecular weight is 252 g/mol. The lowest BCUT2D eigenvalue weighted by atomic mass is 10.5. The molecule has 0 amide bonds. The maximum atomic E-state index is 10.9. The van der Waals surface area contributed by atoms with E-state index in [0.29, 0.717) is 0 Å². The van der Waals surface area contributed by atoms with Crippen LogP contribution in [0.3, 0.4) is 0 Å². The first-order chi connectivity index (χ1) is 6.68. The third kappa shape index (κ3) is 3.81. The highest BCUT2D eigenvalue weighted by atomic mass is 32.2. The fraction of sp³-hybridized carbons (Fsp3) is 0.167. The van der Waals surface area contributed by atoms with Crippen LogP contribution in [-0.4, -0.2) is 28.1 Å². The molecule has 1 aromatic rings. The van der Waals surface area contributed by atoms with Crippen LogP contribution in [0.4, 0.5) is 0 Å². The molecule has 0 fully saturated rings. The molecule has 1 rings (SSSR count). The molecule has 0 aliphatic carbocycles. The molecule has 0 aromatic carbocycles. The fourth-order valence-corrected chi connectivity index (χ4v) is 1.64. The van der Waals surface area contributed by atoms with Gasteiger partial charge in [-0.3, -0.25) is 0 Å². The van der Waals surface area contributed by atoms with Gasteiger partial charge in [0.05, 0.1) is 6.26 Å². The van der Waals surface area contributed by atoms with Crippen LogP contribution in [0.1, 0.15) is 0 Å². The molecular weight excluding hydrogens is 244 g/mol. The van der Waals surface area contributed by atoms with E-state index in [9.17, 15) is 16.8 Å². The maximum absolute atomic E-state index is 10.9. The van der Waals surface area contributed by atoms with E-state index >= 15 is 0 Å². The van der Waals surface area contributed by atoms with Crippen LogP contribution in [0.25, 0.3) is 0 Å². The van der Waals surface area contributed by atoms with Crippen molar-refractivity contribution in [2.24, 2.45) is 5.14 Å². The first-order valence-electron chi connectivity index (χ1n) is 3.58. The second-order valence-electron chi connectivity index (χ2n) is 2.65. The molecule has 0 aliphatic rings. The summed E-state index contributed by atoms with van der Waals surface area (Å²) in [5.41, 5.74) is 0. The highest BCUT2D eigenvalue weighted by Gasteiger charge is 2.12. The Morgan fingerprint density at radius 1 is 1.27 bits per heavy atom. The molecule has 84 valence electrons. The predicted molar refractivity (Wildman–Crippen MR) is 51.1 cm³/mol. The fourth-order valence-electron chi connectivity index (χ4n) is 0.756. The number of hydrogen-bond donors (Lipinski definition) is 1. The minimum absolute atomic E-state index is 0.343. The highest BCUT2D eigenvalue weighted by molar-refractivity contribution is 7.89. The number of rotatable bonds is 3. The summed E-state index contributed by atoms with van der Waals surface area (Å²) in [5.74, 6) is -0.343. The third-order valence-electron chi connectivity index (χ3n) is 1.23. The van der Waals surface area contributed by atoms with Crippen LogP contribution in [0.15, 0.2) is 23.2 Å². The van der Waals surface area contributed by atoms with Crippen molar-refractivity contribution in [3.8, 4) is 5.88 Å². The van der Waals surface area contributed by atoms with Gasteiger partial charge in [0.15, 0.2) is 5.03 Å². The minimum Gasteiger partial charge on any atom is -0.362 e.